The molecular weight excluding hydrogens is 448 g/mol. The second-order valence-corrected chi connectivity index (χ2v) is 10.6. The quantitative estimate of drug-likeness (QED) is 0.467. The molecule has 2 atom stereocenters. The molecule has 1 saturated carbocycles. The number of ether oxygens (including phenoxy) is 3. The van der Waals surface area contributed by atoms with E-state index in [0.29, 0.717) is 18.1 Å². The predicted molar refractivity (Wildman–Crippen MR) is 122 cm³/mol. The molecule has 184 valence electrons. The van der Waals surface area contributed by atoms with Gasteiger partial charge in [0.15, 0.2) is 5.76 Å². The molecule has 0 unspecified atom stereocenters. The van der Waals surface area contributed by atoms with Crippen LogP contribution in [-0.4, -0.2) is 69.5 Å². The Labute approximate surface area is 195 Å². The van der Waals surface area contributed by atoms with E-state index in [1.54, 1.807) is 12.1 Å². The predicted octanol–water partition coefficient (Wildman–Crippen LogP) is 1.88. The Kier molecular flexibility index (Phi) is 8.75. The van der Waals surface area contributed by atoms with E-state index >= 15 is 0 Å². The number of sulfonamides is 1. The summed E-state index contributed by atoms with van der Waals surface area (Å²) in [4.78, 5) is 12.6. The molecule has 0 aromatic heterocycles. The van der Waals surface area contributed by atoms with Gasteiger partial charge < -0.3 is 24.6 Å². The summed E-state index contributed by atoms with van der Waals surface area (Å²) in [5.74, 6) is 0.982. The van der Waals surface area contributed by atoms with E-state index in [4.69, 9.17) is 14.2 Å². The number of rotatable bonds is 12. The normalized spacial score (nSPS) is 21.0. The first-order valence-corrected chi connectivity index (χ1v) is 12.7. The summed E-state index contributed by atoms with van der Waals surface area (Å²) in [6.45, 7) is 3.86. The lowest BCUT2D eigenvalue weighted by atomic mass is 9.90. The van der Waals surface area contributed by atoms with Crippen LogP contribution in [0.4, 0.5) is 0 Å². The summed E-state index contributed by atoms with van der Waals surface area (Å²) in [6, 6.07) is 6.29. The van der Waals surface area contributed by atoms with Crippen LogP contribution in [0.3, 0.4) is 0 Å². The number of nitrogens with one attached hydrogen (secondary N) is 1. The highest BCUT2D eigenvalue weighted by molar-refractivity contribution is 7.89. The van der Waals surface area contributed by atoms with Gasteiger partial charge in [-0.25, -0.2) is 8.42 Å². The molecule has 2 N–H and O–H groups in total. The molecule has 2 aliphatic rings. The molecular formula is C23H34N2O7S. The van der Waals surface area contributed by atoms with Gasteiger partial charge in [0.25, 0.3) is 5.91 Å². The van der Waals surface area contributed by atoms with Crippen LogP contribution in [0, 0.1) is 11.8 Å². The molecule has 0 saturated heterocycles. The van der Waals surface area contributed by atoms with Crippen LogP contribution in [0.2, 0.25) is 0 Å². The van der Waals surface area contributed by atoms with Gasteiger partial charge in [-0.1, -0.05) is 13.8 Å². The second-order valence-electron chi connectivity index (χ2n) is 8.64. The Morgan fingerprint density at radius 2 is 1.94 bits per heavy atom. The van der Waals surface area contributed by atoms with Crippen molar-refractivity contribution in [3.63, 3.8) is 0 Å². The largest absolute Gasteiger partial charge is 0.497 e. The minimum absolute atomic E-state index is 0.0362. The number of aliphatic hydroxyl groups excluding tert-OH is 1. The molecule has 1 heterocycles. The van der Waals surface area contributed by atoms with Crippen LogP contribution in [0.1, 0.15) is 33.1 Å². The number of hydrogen-bond donors (Lipinski definition) is 2. The van der Waals surface area contributed by atoms with Crippen molar-refractivity contribution in [3.8, 4) is 5.75 Å². The molecule has 0 radical (unpaired) electrons. The summed E-state index contributed by atoms with van der Waals surface area (Å²) in [5, 5.41) is 12.3. The number of carbonyl (C=O) groups excluding carboxylic acids is 1. The molecule has 1 aliphatic carbocycles. The topological polar surface area (TPSA) is 114 Å². The Morgan fingerprint density at radius 3 is 2.52 bits per heavy atom. The Balaban J connectivity index is 1.61. The van der Waals surface area contributed by atoms with Crippen molar-refractivity contribution < 1.29 is 32.5 Å². The fourth-order valence-electron chi connectivity index (χ4n) is 3.54. The smallest absolute Gasteiger partial charge is 0.286 e. The third-order valence-electron chi connectivity index (χ3n) is 5.77. The van der Waals surface area contributed by atoms with Crippen LogP contribution in [-0.2, 0) is 24.3 Å². The number of nitrogens with zero attached hydrogens (tertiary/aromatic N) is 1. The molecule has 0 bridgehead atoms. The first kappa shape index (κ1) is 25.5. The summed E-state index contributed by atoms with van der Waals surface area (Å²) >= 11 is 0. The lowest BCUT2D eigenvalue weighted by Crippen LogP contribution is -2.38. The highest BCUT2D eigenvalue weighted by Gasteiger charge is 2.32. The van der Waals surface area contributed by atoms with E-state index in [2.05, 4.69) is 19.2 Å². The molecule has 1 aliphatic heterocycles. The minimum Gasteiger partial charge on any atom is -0.497 e. The van der Waals surface area contributed by atoms with Crippen LogP contribution < -0.4 is 10.1 Å². The Morgan fingerprint density at radius 1 is 1.24 bits per heavy atom. The number of allylic oxidation sites excluding steroid dienone is 1. The third kappa shape index (κ3) is 6.92. The van der Waals surface area contributed by atoms with Gasteiger partial charge >= 0.3 is 0 Å². The molecule has 10 heteroatoms. The number of carbonyl (C=O) groups is 1. The first-order chi connectivity index (χ1) is 15.7. The first-order valence-electron chi connectivity index (χ1n) is 11.3. The van der Waals surface area contributed by atoms with Crippen LogP contribution in [0.25, 0.3) is 0 Å². The van der Waals surface area contributed by atoms with Gasteiger partial charge in [-0.3, -0.25) is 4.79 Å². The zero-order valence-corrected chi connectivity index (χ0v) is 20.2. The molecule has 33 heavy (non-hydrogen) atoms. The van der Waals surface area contributed by atoms with Gasteiger partial charge in [-0.2, -0.15) is 4.31 Å². The lowest BCUT2D eigenvalue weighted by molar-refractivity contribution is -0.150. The zero-order valence-electron chi connectivity index (χ0n) is 19.4. The third-order valence-corrected chi connectivity index (χ3v) is 7.69. The SMILES string of the molecule is COc1ccc(S(=O)(=O)N(CCO)CCO[C@H]2C[C@@H](C(C)C)C=C(C(=O)NC3CC3)O2)cc1. The lowest BCUT2D eigenvalue weighted by Gasteiger charge is -2.31. The molecule has 0 spiro atoms. The van der Waals surface area contributed by atoms with Crippen LogP contribution in [0.5, 0.6) is 5.75 Å². The number of benzene rings is 1. The van der Waals surface area contributed by atoms with Crippen molar-refractivity contribution in [2.75, 3.05) is 33.4 Å². The van der Waals surface area contributed by atoms with Crippen molar-refractivity contribution in [1.82, 2.24) is 9.62 Å². The summed E-state index contributed by atoms with van der Waals surface area (Å²) in [6.07, 6.45) is 3.74. The van der Waals surface area contributed by atoms with Crippen LogP contribution in [0.15, 0.2) is 41.0 Å². The Bertz CT molecular complexity index is 927. The highest BCUT2D eigenvalue weighted by atomic mass is 32.2. The summed E-state index contributed by atoms with van der Waals surface area (Å²) < 4.78 is 43.9. The van der Waals surface area contributed by atoms with Crippen molar-refractivity contribution in [2.24, 2.45) is 11.8 Å². The van der Waals surface area contributed by atoms with E-state index < -0.39 is 16.3 Å². The van der Waals surface area contributed by atoms with E-state index in [0.717, 1.165) is 12.8 Å². The number of aliphatic hydroxyl groups is 1. The van der Waals surface area contributed by atoms with Gasteiger partial charge in [0, 0.05) is 25.6 Å². The molecule has 1 aromatic carbocycles. The summed E-state index contributed by atoms with van der Waals surface area (Å²) in [7, 11) is -2.32. The maximum absolute atomic E-state index is 13.0. The van der Waals surface area contributed by atoms with Gasteiger partial charge in [0.2, 0.25) is 16.3 Å². The van der Waals surface area contributed by atoms with E-state index in [1.807, 2.05) is 6.08 Å². The molecule has 1 fully saturated rings. The minimum atomic E-state index is -3.82. The van der Waals surface area contributed by atoms with Gasteiger partial charge in [-0.15, -0.1) is 0 Å². The number of amides is 1. The fourth-order valence-corrected chi connectivity index (χ4v) is 4.96. The number of methoxy groups -OCH3 is 1. The van der Waals surface area contributed by atoms with Gasteiger partial charge in [0.1, 0.15) is 5.75 Å². The monoisotopic (exact) mass is 482 g/mol. The van der Waals surface area contributed by atoms with Crippen LogP contribution >= 0.6 is 0 Å². The second kappa shape index (κ2) is 11.3. The van der Waals surface area contributed by atoms with E-state index in [-0.39, 0.29) is 54.8 Å². The van der Waals surface area contributed by atoms with Crippen molar-refractivity contribution in [1.29, 1.82) is 0 Å². The fraction of sp³-hybridized carbons (Fsp3) is 0.609. The van der Waals surface area contributed by atoms with Crippen molar-refractivity contribution in [3.05, 3.63) is 36.1 Å². The molecule has 1 aromatic rings. The average molecular weight is 483 g/mol. The molecule has 9 nitrogen and oxygen atoms in total. The maximum atomic E-state index is 13.0. The van der Waals surface area contributed by atoms with E-state index in [1.165, 1.54) is 23.5 Å². The number of hydrogen-bond acceptors (Lipinski definition) is 7. The summed E-state index contributed by atoms with van der Waals surface area (Å²) in [5.41, 5.74) is 0. The average Bonchev–Trinajstić information content (AvgIpc) is 3.62. The maximum Gasteiger partial charge on any atom is 0.286 e. The van der Waals surface area contributed by atoms with Gasteiger partial charge in [-0.05, 0) is 55.0 Å². The molecule has 3 rings (SSSR count). The Hall–Kier alpha value is -2.14. The standard InChI is InChI=1S/C23H34N2O7S/c1-16(2)17-14-21(23(27)24-18-4-5-18)32-22(15-17)31-13-11-25(10-12-26)33(28,29)20-8-6-19(30-3)7-9-20/h6-9,14,16-18,22,26H,4-5,10-13,15H2,1-3H3,(H,24,27)/t17-,22+/m0/s1. The highest BCUT2D eigenvalue weighted by Crippen LogP contribution is 2.29. The van der Waals surface area contributed by atoms with Gasteiger partial charge in [0.05, 0.1) is 25.2 Å². The molecule has 1 amide bonds. The van der Waals surface area contributed by atoms with Crippen molar-refractivity contribution in [2.45, 2.75) is 50.3 Å². The zero-order chi connectivity index (χ0) is 24.0. The van der Waals surface area contributed by atoms with E-state index in [9.17, 15) is 18.3 Å². The van der Waals surface area contributed by atoms with Crippen molar-refractivity contribution >= 4 is 15.9 Å².